The highest BCUT2D eigenvalue weighted by Crippen LogP contribution is 2.19. The first-order valence-corrected chi connectivity index (χ1v) is 6.18. The fourth-order valence-electron chi connectivity index (χ4n) is 1.78. The topological polar surface area (TPSA) is 50.7 Å². The number of hydrogen-bond donors (Lipinski definition) is 1. The zero-order valence-electron chi connectivity index (χ0n) is 10.8. The summed E-state index contributed by atoms with van der Waals surface area (Å²) >= 11 is 0. The van der Waals surface area contributed by atoms with Crippen molar-refractivity contribution in [3.63, 3.8) is 0 Å². The molecule has 3 aromatic rings. The summed E-state index contributed by atoms with van der Waals surface area (Å²) in [6, 6.07) is 8.82. The van der Waals surface area contributed by atoms with Gasteiger partial charge >= 0.3 is 0 Å². The molecule has 0 amide bonds. The molecule has 1 N–H and O–H groups in total. The van der Waals surface area contributed by atoms with Crippen LogP contribution in [0.1, 0.15) is 0 Å². The summed E-state index contributed by atoms with van der Waals surface area (Å²) in [4.78, 5) is 12.5. The Balaban J connectivity index is 1.88. The molecule has 1 aromatic carbocycles. The lowest BCUT2D eigenvalue weighted by Crippen LogP contribution is -1.98. The molecule has 0 fully saturated rings. The second-order valence-electron chi connectivity index (χ2n) is 4.26. The van der Waals surface area contributed by atoms with Crippen molar-refractivity contribution in [1.29, 1.82) is 0 Å². The molecule has 0 aliphatic carbocycles. The van der Waals surface area contributed by atoms with Crippen LogP contribution in [-0.4, -0.2) is 15.0 Å². The molecule has 0 aliphatic rings. The molecule has 0 spiro atoms. The minimum absolute atomic E-state index is 0.407. The van der Waals surface area contributed by atoms with E-state index >= 15 is 0 Å². The molecule has 2 heterocycles. The second-order valence-corrected chi connectivity index (χ2v) is 4.26. The predicted molar refractivity (Wildman–Crippen MR) is 74.9 cm³/mol. The zero-order chi connectivity index (χ0) is 14.7. The SMILES string of the molecule is Fc1ccc(Nc2ccnc(-c3cccnc3)n2)cc1F. The largest absolute Gasteiger partial charge is 0.340 e. The van der Waals surface area contributed by atoms with E-state index in [0.29, 0.717) is 17.3 Å². The number of benzene rings is 1. The zero-order valence-corrected chi connectivity index (χ0v) is 10.8. The van der Waals surface area contributed by atoms with Gasteiger partial charge in [0.25, 0.3) is 0 Å². The summed E-state index contributed by atoms with van der Waals surface area (Å²) in [5.74, 6) is -0.827. The molecule has 0 radical (unpaired) electrons. The molecule has 104 valence electrons. The minimum atomic E-state index is -0.915. The van der Waals surface area contributed by atoms with Gasteiger partial charge in [-0.2, -0.15) is 0 Å². The van der Waals surface area contributed by atoms with Crippen molar-refractivity contribution in [2.45, 2.75) is 0 Å². The van der Waals surface area contributed by atoms with Crippen LogP contribution in [0.15, 0.2) is 55.0 Å². The van der Waals surface area contributed by atoms with Crippen molar-refractivity contribution in [3.05, 3.63) is 66.6 Å². The first kappa shape index (κ1) is 13.1. The molecule has 6 heteroatoms. The van der Waals surface area contributed by atoms with Crippen molar-refractivity contribution in [2.24, 2.45) is 0 Å². The van der Waals surface area contributed by atoms with Gasteiger partial charge in [0.05, 0.1) is 0 Å². The third-order valence-corrected chi connectivity index (χ3v) is 2.77. The van der Waals surface area contributed by atoms with E-state index in [4.69, 9.17) is 0 Å². The van der Waals surface area contributed by atoms with Crippen LogP contribution in [0.25, 0.3) is 11.4 Å². The fourth-order valence-corrected chi connectivity index (χ4v) is 1.78. The summed E-state index contributed by atoms with van der Waals surface area (Å²) < 4.78 is 26.1. The van der Waals surface area contributed by atoms with Crippen LogP contribution in [-0.2, 0) is 0 Å². The van der Waals surface area contributed by atoms with E-state index in [0.717, 1.165) is 17.7 Å². The summed E-state index contributed by atoms with van der Waals surface area (Å²) in [5, 5.41) is 2.90. The maximum Gasteiger partial charge on any atom is 0.163 e. The van der Waals surface area contributed by atoms with Gasteiger partial charge in [-0.1, -0.05) is 0 Å². The van der Waals surface area contributed by atoms with Crippen molar-refractivity contribution in [1.82, 2.24) is 15.0 Å². The Morgan fingerprint density at radius 3 is 2.62 bits per heavy atom. The highest BCUT2D eigenvalue weighted by molar-refractivity contribution is 5.60. The molecule has 0 atom stereocenters. The molecule has 3 rings (SSSR count). The number of nitrogens with one attached hydrogen (secondary N) is 1. The fraction of sp³-hybridized carbons (Fsp3) is 0. The third-order valence-electron chi connectivity index (χ3n) is 2.77. The normalized spacial score (nSPS) is 10.4. The number of nitrogens with zero attached hydrogens (tertiary/aromatic N) is 3. The lowest BCUT2D eigenvalue weighted by atomic mass is 10.2. The molecule has 0 saturated heterocycles. The average Bonchev–Trinajstić information content (AvgIpc) is 2.52. The van der Waals surface area contributed by atoms with E-state index in [-0.39, 0.29) is 0 Å². The van der Waals surface area contributed by atoms with Gasteiger partial charge in [-0.3, -0.25) is 4.98 Å². The van der Waals surface area contributed by atoms with Crippen LogP contribution in [0, 0.1) is 11.6 Å². The van der Waals surface area contributed by atoms with Crippen molar-refractivity contribution in [2.75, 3.05) is 5.32 Å². The number of rotatable bonds is 3. The molecule has 0 unspecified atom stereocenters. The molecule has 0 aliphatic heterocycles. The van der Waals surface area contributed by atoms with Crippen molar-refractivity contribution >= 4 is 11.5 Å². The Labute approximate surface area is 119 Å². The minimum Gasteiger partial charge on any atom is -0.340 e. The van der Waals surface area contributed by atoms with Gasteiger partial charge in [0.2, 0.25) is 0 Å². The van der Waals surface area contributed by atoms with E-state index < -0.39 is 11.6 Å². The quantitative estimate of drug-likeness (QED) is 0.799. The molecule has 2 aromatic heterocycles. The molecule has 0 bridgehead atoms. The van der Waals surface area contributed by atoms with Gasteiger partial charge in [0.15, 0.2) is 17.5 Å². The highest BCUT2D eigenvalue weighted by atomic mass is 19.2. The van der Waals surface area contributed by atoms with Gasteiger partial charge in [-0.05, 0) is 30.3 Å². The predicted octanol–water partition coefficient (Wildman–Crippen LogP) is 3.56. The number of halogens is 2. The average molecular weight is 284 g/mol. The smallest absolute Gasteiger partial charge is 0.163 e. The third kappa shape index (κ3) is 3.00. The Morgan fingerprint density at radius 2 is 1.86 bits per heavy atom. The van der Waals surface area contributed by atoms with Crippen LogP contribution in [0.4, 0.5) is 20.3 Å². The van der Waals surface area contributed by atoms with Gasteiger partial charge in [0.1, 0.15) is 5.82 Å². The van der Waals surface area contributed by atoms with E-state index in [1.165, 1.54) is 6.07 Å². The lowest BCUT2D eigenvalue weighted by Gasteiger charge is -2.07. The molecular weight excluding hydrogens is 274 g/mol. The number of aromatic nitrogens is 3. The number of anilines is 2. The van der Waals surface area contributed by atoms with Gasteiger partial charge in [-0.15, -0.1) is 0 Å². The molecular formula is C15H10F2N4. The Morgan fingerprint density at radius 1 is 0.952 bits per heavy atom. The Bertz CT molecular complexity index is 763. The monoisotopic (exact) mass is 284 g/mol. The summed E-state index contributed by atoms with van der Waals surface area (Å²) in [5.41, 5.74) is 1.18. The first-order chi connectivity index (χ1) is 10.2. The number of pyridine rings is 1. The maximum atomic E-state index is 13.2. The van der Waals surface area contributed by atoms with Crippen LogP contribution in [0.2, 0.25) is 0 Å². The maximum absolute atomic E-state index is 13.2. The van der Waals surface area contributed by atoms with E-state index in [2.05, 4.69) is 20.3 Å². The van der Waals surface area contributed by atoms with Gasteiger partial charge in [-0.25, -0.2) is 18.7 Å². The molecule has 21 heavy (non-hydrogen) atoms. The van der Waals surface area contributed by atoms with Crippen LogP contribution in [0.5, 0.6) is 0 Å². The summed E-state index contributed by atoms with van der Waals surface area (Å²) in [7, 11) is 0. The van der Waals surface area contributed by atoms with Crippen LogP contribution in [0.3, 0.4) is 0 Å². The van der Waals surface area contributed by atoms with E-state index in [9.17, 15) is 8.78 Å². The second kappa shape index (κ2) is 5.62. The standard InChI is InChI=1S/C15H10F2N4/c16-12-4-3-11(8-13(12)17)20-14-5-7-19-15(21-14)10-2-1-6-18-9-10/h1-9H,(H,19,20,21). The van der Waals surface area contributed by atoms with Crippen molar-refractivity contribution < 1.29 is 8.78 Å². The van der Waals surface area contributed by atoms with Crippen LogP contribution >= 0.6 is 0 Å². The van der Waals surface area contributed by atoms with Gasteiger partial charge < -0.3 is 5.32 Å². The molecule has 4 nitrogen and oxygen atoms in total. The summed E-state index contributed by atoms with van der Waals surface area (Å²) in [6.07, 6.45) is 4.89. The van der Waals surface area contributed by atoms with Gasteiger partial charge in [0, 0.05) is 35.9 Å². The molecule has 0 saturated carbocycles. The Kier molecular flexibility index (Phi) is 3.51. The van der Waals surface area contributed by atoms with Crippen LogP contribution < -0.4 is 5.32 Å². The number of hydrogen-bond acceptors (Lipinski definition) is 4. The Hall–Kier alpha value is -2.89. The van der Waals surface area contributed by atoms with E-state index in [1.54, 1.807) is 30.7 Å². The summed E-state index contributed by atoms with van der Waals surface area (Å²) in [6.45, 7) is 0. The first-order valence-electron chi connectivity index (χ1n) is 6.18. The van der Waals surface area contributed by atoms with E-state index in [1.807, 2.05) is 6.07 Å². The lowest BCUT2D eigenvalue weighted by molar-refractivity contribution is 0.509. The highest BCUT2D eigenvalue weighted by Gasteiger charge is 2.05. The van der Waals surface area contributed by atoms with Crippen molar-refractivity contribution in [3.8, 4) is 11.4 Å².